The Kier molecular flexibility index (Phi) is 4.81. The van der Waals surface area contributed by atoms with E-state index < -0.39 is 0 Å². The van der Waals surface area contributed by atoms with Crippen molar-refractivity contribution < 1.29 is 4.79 Å². The number of aromatic nitrogens is 2. The third kappa shape index (κ3) is 3.74. The monoisotopic (exact) mass is 370 g/mol. The molecule has 1 amide bonds. The van der Waals surface area contributed by atoms with Gasteiger partial charge in [0, 0.05) is 30.5 Å². The molecule has 140 valence electrons. The maximum Gasteiger partial charge on any atom is 0.221 e. The maximum absolute atomic E-state index is 11.3. The van der Waals surface area contributed by atoms with Crippen LogP contribution in [0.4, 0.5) is 11.4 Å². The zero-order chi connectivity index (χ0) is 19.5. The molecule has 1 aromatic heterocycles. The van der Waals surface area contributed by atoms with Crippen LogP contribution in [0.5, 0.6) is 0 Å². The Labute approximate surface area is 164 Å². The van der Waals surface area contributed by atoms with Crippen molar-refractivity contribution in [2.24, 2.45) is 0 Å². The fourth-order valence-electron chi connectivity index (χ4n) is 3.20. The normalized spacial score (nSPS) is 10.8. The molecule has 4 aromatic rings. The van der Waals surface area contributed by atoms with Gasteiger partial charge in [0.25, 0.3) is 0 Å². The third-order valence-electron chi connectivity index (χ3n) is 4.71. The van der Waals surface area contributed by atoms with Crippen LogP contribution in [0.1, 0.15) is 18.1 Å². The summed E-state index contributed by atoms with van der Waals surface area (Å²) < 4.78 is 2.09. The van der Waals surface area contributed by atoms with Crippen LogP contribution in [0.2, 0.25) is 0 Å². The molecule has 28 heavy (non-hydrogen) atoms. The minimum Gasteiger partial charge on any atom is -0.381 e. The fourth-order valence-corrected chi connectivity index (χ4v) is 3.20. The summed E-state index contributed by atoms with van der Waals surface area (Å²) in [6.45, 7) is 4.20. The van der Waals surface area contributed by atoms with Crippen molar-refractivity contribution in [2.75, 3.05) is 10.6 Å². The van der Waals surface area contributed by atoms with Crippen molar-refractivity contribution in [3.8, 4) is 5.69 Å². The molecule has 0 aliphatic carbocycles. The van der Waals surface area contributed by atoms with Crippen LogP contribution in [-0.2, 0) is 11.3 Å². The number of imidazole rings is 1. The smallest absolute Gasteiger partial charge is 0.221 e. The zero-order valence-corrected chi connectivity index (χ0v) is 15.9. The number of nitrogens with zero attached hydrogens (tertiary/aromatic N) is 2. The van der Waals surface area contributed by atoms with E-state index in [1.165, 1.54) is 12.5 Å². The van der Waals surface area contributed by atoms with E-state index in [1.54, 1.807) is 0 Å². The molecule has 0 aliphatic heterocycles. The number of hydrogen-bond acceptors (Lipinski definition) is 3. The Bertz CT molecular complexity index is 1130. The van der Waals surface area contributed by atoms with Crippen LogP contribution in [0.15, 0.2) is 73.1 Å². The number of para-hydroxylation sites is 2. The van der Waals surface area contributed by atoms with E-state index in [0.29, 0.717) is 6.54 Å². The number of amides is 1. The van der Waals surface area contributed by atoms with Crippen molar-refractivity contribution >= 4 is 28.3 Å². The van der Waals surface area contributed by atoms with Gasteiger partial charge in [-0.1, -0.05) is 30.3 Å². The third-order valence-corrected chi connectivity index (χ3v) is 4.71. The minimum absolute atomic E-state index is 0.0668. The number of aryl methyl sites for hydroxylation is 1. The Morgan fingerprint density at radius 2 is 1.82 bits per heavy atom. The summed E-state index contributed by atoms with van der Waals surface area (Å²) in [5, 5.41) is 6.28. The number of rotatable bonds is 5. The van der Waals surface area contributed by atoms with Crippen LogP contribution in [0.25, 0.3) is 16.7 Å². The quantitative estimate of drug-likeness (QED) is 0.525. The summed E-state index contributed by atoms with van der Waals surface area (Å²) in [7, 11) is 0. The lowest BCUT2D eigenvalue weighted by Crippen LogP contribution is -2.08. The lowest BCUT2D eigenvalue weighted by molar-refractivity contribution is -0.114. The average molecular weight is 370 g/mol. The Hall–Kier alpha value is -3.60. The fraction of sp³-hybridized carbons (Fsp3) is 0.130. The first kappa shape index (κ1) is 17.8. The predicted molar refractivity (Wildman–Crippen MR) is 114 cm³/mol. The van der Waals surface area contributed by atoms with Gasteiger partial charge in [0.2, 0.25) is 5.91 Å². The molecule has 5 heteroatoms. The SMILES string of the molecule is CC(=O)Nc1cc(NCc2ccc(-n3cnc4ccccc43)cc2)ccc1C. The van der Waals surface area contributed by atoms with Gasteiger partial charge >= 0.3 is 0 Å². The second kappa shape index (κ2) is 7.56. The number of nitrogens with one attached hydrogen (secondary N) is 2. The topological polar surface area (TPSA) is 59.0 Å². The molecule has 4 rings (SSSR count). The van der Waals surface area contributed by atoms with Gasteiger partial charge in [-0.3, -0.25) is 9.36 Å². The lowest BCUT2D eigenvalue weighted by atomic mass is 10.1. The minimum atomic E-state index is -0.0668. The van der Waals surface area contributed by atoms with Crippen LogP contribution in [-0.4, -0.2) is 15.5 Å². The van der Waals surface area contributed by atoms with Gasteiger partial charge in [-0.05, 0) is 54.4 Å². The maximum atomic E-state index is 11.3. The molecule has 3 aromatic carbocycles. The summed E-state index contributed by atoms with van der Waals surface area (Å²) in [6, 6.07) is 22.5. The van der Waals surface area contributed by atoms with Crippen LogP contribution >= 0.6 is 0 Å². The molecule has 0 aliphatic rings. The van der Waals surface area contributed by atoms with Gasteiger partial charge in [0.15, 0.2) is 0 Å². The van der Waals surface area contributed by atoms with Crippen molar-refractivity contribution in [1.29, 1.82) is 0 Å². The molecule has 0 bridgehead atoms. The molecule has 2 N–H and O–H groups in total. The summed E-state index contributed by atoms with van der Waals surface area (Å²) in [6.07, 6.45) is 1.85. The van der Waals surface area contributed by atoms with E-state index in [1.807, 2.05) is 49.6 Å². The zero-order valence-electron chi connectivity index (χ0n) is 15.9. The highest BCUT2D eigenvalue weighted by molar-refractivity contribution is 5.90. The summed E-state index contributed by atoms with van der Waals surface area (Å²) in [4.78, 5) is 15.8. The first-order chi connectivity index (χ1) is 13.6. The standard InChI is InChI=1S/C23H22N4O/c1-16-7-10-19(13-22(16)26-17(2)28)24-14-18-8-11-20(12-9-18)27-15-25-21-5-3-4-6-23(21)27/h3-13,15,24H,14H2,1-2H3,(H,26,28). The molecule has 0 unspecified atom stereocenters. The van der Waals surface area contributed by atoms with Gasteiger partial charge in [-0.25, -0.2) is 4.98 Å². The summed E-state index contributed by atoms with van der Waals surface area (Å²) in [5.74, 6) is -0.0668. The van der Waals surface area contributed by atoms with Crippen molar-refractivity contribution in [3.63, 3.8) is 0 Å². The second-order valence-corrected chi connectivity index (χ2v) is 6.83. The van der Waals surface area contributed by atoms with Crippen molar-refractivity contribution in [3.05, 3.63) is 84.2 Å². The highest BCUT2D eigenvalue weighted by atomic mass is 16.1. The molecular formula is C23H22N4O. The van der Waals surface area contributed by atoms with Gasteiger partial charge in [0.1, 0.15) is 6.33 Å². The highest BCUT2D eigenvalue weighted by Crippen LogP contribution is 2.22. The van der Waals surface area contributed by atoms with E-state index in [9.17, 15) is 4.79 Å². The Morgan fingerprint density at radius 3 is 2.61 bits per heavy atom. The van der Waals surface area contributed by atoms with E-state index in [0.717, 1.165) is 33.7 Å². The summed E-state index contributed by atoms with van der Waals surface area (Å²) in [5.41, 5.74) is 7.19. The Balaban J connectivity index is 1.47. The molecule has 0 saturated heterocycles. The first-order valence-corrected chi connectivity index (χ1v) is 9.24. The second-order valence-electron chi connectivity index (χ2n) is 6.83. The molecule has 0 spiro atoms. The molecule has 0 radical (unpaired) electrons. The molecule has 0 fully saturated rings. The molecule has 1 heterocycles. The summed E-state index contributed by atoms with van der Waals surface area (Å²) >= 11 is 0. The van der Waals surface area contributed by atoms with Crippen LogP contribution < -0.4 is 10.6 Å². The number of fused-ring (bicyclic) bond motifs is 1. The van der Waals surface area contributed by atoms with Gasteiger partial charge in [0.05, 0.1) is 11.0 Å². The number of carbonyl (C=O) groups is 1. The predicted octanol–water partition coefficient (Wildman–Crippen LogP) is 4.90. The van der Waals surface area contributed by atoms with E-state index in [-0.39, 0.29) is 5.91 Å². The van der Waals surface area contributed by atoms with Gasteiger partial charge < -0.3 is 10.6 Å². The Morgan fingerprint density at radius 1 is 1.04 bits per heavy atom. The number of anilines is 2. The van der Waals surface area contributed by atoms with Crippen LogP contribution in [0.3, 0.4) is 0 Å². The van der Waals surface area contributed by atoms with Gasteiger partial charge in [-0.2, -0.15) is 0 Å². The van der Waals surface area contributed by atoms with Crippen molar-refractivity contribution in [2.45, 2.75) is 20.4 Å². The molecule has 0 saturated carbocycles. The molecule has 0 atom stereocenters. The number of hydrogen-bond donors (Lipinski definition) is 2. The first-order valence-electron chi connectivity index (χ1n) is 9.24. The van der Waals surface area contributed by atoms with Crippen LogP contribution in [0, 0.1) is 6.92 Å². The number of benzene rings is 3. The van der Waals surface area contributed by atoms with E-state index >= 15 is 0 Å². The van der Waals surface area contributed by atoms with Gasteiger partial charge in [-0.15, -0.1) is 0 Å². The lowest BCUT2D eigenvalue weighted by Gasteiger charge is -2.12. The van der Waals surface area contributed by atoms with Crippen molar-refractivity contribution in [1.82, 2.24) is 9.55 Å². The molecular weight excluding hydrogens is 348 g/mol. The number of carbonyl (C=O) groups excluding carboxylic acids is 1. The molecule has 5 nitrogen and oxygen atoms in total. The van der Waals surface area contributed by atoms with E-state index in [4.69, 9.17) is 0 Å². The highest BCUT2D eigenvalue weighted by Gasteiger charge is 2.05. The van der Waals surface area contributed by atoms with E-state index in [2.05, 4.69) is 50.5 Å². The average Bonchev–Trinajstić information content (AvgIpc) is 3.13. The largest absolute Gasteiger partial charge is 0.381 e.